The fraction of sp³-hybridized carbons (Fsp3) is 1.00. The second-order valence-corrected chi connectivity index (χ2v) is 5.53. The van der Waals surface area contributed by atoms with Crippen LogP contribution in [0.15, 0.2) is 0 Å². The standard InChI is InChI=1S/C13H26O4/c1-4-6-12(3,7-14)11-16-9-13(5-2,8-15)10-17-11/h11,14-15H,4-10H2,1-3H3. The summed E-state index contributed by atoms with van der Waals surface area (Å²) in [7, 11) is 0. The van der Waals surface area contributed by atoms with Crippen molar-refractivity contribution in [2.75, 3.05) is 26.4 Å². The molecule has 0 aliphatic carbocycles. The fourth-order valence-electron chi connectivity index (χ4n) is 2.25. The molecule has 0 aromatic rings. The van der Waals surface area contributed by atoms with Gasteiger partial charge in [0.15, 0.2) is 6.29 Å². The van der Waals surface area contributed by atoms with Gasteiger partial charge in [0.05, 0.1) is 26.4 Å². The Morgan fingerprint density at radius 3 is 2.18 bits per heavy atom. The Morgan fingerprint density at radius 2 is 1.82 bits per heavy atom. The van der Waals surface area contributed by atoms with E-state index in [0.717, 1.165) is 19.3 Å². The maximum Gasteiger partial charge on any atom is 0.165 e. The number of aliphatic hydroxyl groups is 2. The molecule has 4 heteroatoms. The van der Waals surface area contributed by atoms with Gasteiger partial charge in [-0.05, 0) is 12.8 Å². The van der Waals surface area contributed by atoms with Gasteiger partial charge in [-0.25, -0.2) is 0 Å². The minimum Gasteiger partial charge on any atom is -0.396 e. The zero-order chi connectivity index (χ0) is 12.9. The Balaban J connectivity index is 2.61. The SMILES string of the molecule is CCCC(C)(CO)C1OCC(CC)(CO)CO1. The minimum atomic E-state index is -0.362. The predicted octanol–water partition coefficient (Wildman–Crippen LogP) is 1.55. The average Bonchev–Trinajstić information content (AvgIpc) is 2.39. The second-order valence-electron chi connectivity index (χ2n) is 5.53. The topological polar surface area (TPSA) is 58.9 Å². The molecule has 0 aromatic carbocycles. The maximum absolute atomic E-state index is 9.50. The van der Waals surface area contributed by atoms with Crippen LogP contribution in [0.5, 0.6) is 0 Å². The molecule has 2 N–H and O–H groups in total. The highest BCUT2D eigenvalue weighted by atomic mass is 16.7. The summed E-state index contributed by atoms with van der Waals surface area (Å²) in [6.45, 7) is 7.25. The number of rotatable bonds is 6. The summed E-state index contributed by atoms with van der Waals surface area (Å²) >= 11 is 0. The van der Waals surface area contributed by atoms with E-state index in [2.05, 4.69) is 6.92 Å². The first-order valence-corrected chi connectivity index (χ1v) is 6.51. The molecule has 0 aromatic heterocycles. The van der Waals surface area contributed by atoms with E-state index in [1.54, 1.807) is 0 Å². The summed E-state index contributed by atoms with van der Waals surface area (Å²) in [4.78, 5) is 0. The molecule has 102 valence electrons. The molecule has 1 atom stereocenters. The Bertz CT molecular complexity index is 217. The van der Waals surface area contributed by atoms with Crippen molar-refractivity contribution in [3.63, 3.8) is 0 Å². The van der Waals surface area contributed by atoms with E-state index in [9.17, 15) is 10.2 Å². The molecule has 1 aliphatic heterocycles. The molecule has 1 unspecified atom stereocenters. The normalized spacial score (nSPS) is 33.4. The van der Waals surface area contributed by atoms with Gasteiger partial charge in [0.1, 0.15) is 0 Å². The van der Waals surface area contributed by atoms with Crippen molar-refractivity contribution in [3.05, 3.63) is 0 Å². The Kier molecular flexibility index (Phi) is 5.38. The van der Waals surface area contributed by atoms with Crippen molar-refractivity contribution in [3.8, 4) is 0 Å². The molecule has 0 radical (unpaired) electrons. The van der Waals surface area contributed by atoms with E-state index in [0.29, 0.717) is 13.2 Å². The number of hydrogen-bond donors (Lipinski definition) is 2. The monoisotopic (exact) mass is 246 g/mol. The molecule has 0 amide bonds. The van der Waals surface area contributed by atoms with Crippen LogP contribution < -0.4 is 0 Å². The number of aliphatic hydroxyl groups excluding tert-OH is 2. The van der Waals surface area contributed by atoms with Crippen LogP contribution in [0.1, 0.15) is 40.0 Å². The molecule has 17 heavy (non-hydrogen) atoms. The lowest BCUT2D eigenvalue weighted by molar-refractivity contribution is -0.283. The molecule has 0 saturated carbocycles. The Morgan fingerprint density at radius 1 is 1.24 bits per heavy atom. The minimum absolute atomic E-state index is 0.0593. The average molecular weight is 246 g/mol. The first kappa shape index (κ1) is 14.9. The van der Waals surface area contributed by atoms with E-state index in [4.69, 9.17) is 9.47 Å². The van der Waals surface area contributed by atoms with Crippen molar-refractivity contribution in [1.82, 2.24) is 0 Å². The largest absolute Gasteiger partial charge is 0.396 e. The fourth-order valence-corrected chi connectivity index (χ4v) is 2.25. The van der Waals surface area contributed by atoms with Gasteiger partial charge in [0.2, 0.25) is 0 Å². The lowest BCUT2D eigenvalue weighted by atomic mass is 9.83. The summed E-state index contributed by atoms with van der Waals surface area (Å²) in [6.07, 6.45) is 2.32. The third kappa shape index (κ3) is 3.19. The molecule has 0 spiro atoms. The smallest absolute Gasteiger partial charge is 0.165 e. The van der Waals surface area contributed by atoms with Gasteiger partial charge in [-0.2, -0.15) is 0 Å². The molecule has 4 nitrogen and oxygen atoms in total. The predicted molar refractivity (Wildman–Crippen MR) is 65.6 cm³/mol. The molecule has 1 fully saturated rings. The van der Waals surface area contributed by atoms with Gasteiger partial charge >= 0.3 is 0 Å². The molecule has 1 saturated heterocycles. The molecule has 0 bridgehead atoms. The molecule has 1 heterocycles. The highest BCUT2D eigenvalue weighted by Crippen LogP contribution is 2.36. The van der Waals surface area contributed by atoms with Crippen LogP contribution in [-0.4, -0.2) is 42.9 Å². The van der Waals surface area contributed by atoms with Crippen LogP contribution >= 0.6 is 0 Å². The first-order valence-electron chi connectivity index (χ1n) is 6.51. The zero-order valence-corrected chi connectivity index (χ0v) is 11.2. The zero-order valence-electron chi connectivity index (χ0n) is 11.2. The van der Waals surface area contributed by atoms with Crippen LogP contribution in [0.4, 0.5) is 0 Å². The van der Waals surface area contributed by atoms with Gasteiger partial charge in [-0.15, -0.1) is 0 Å². The van der Waals surface area contributed by atoms with Crippen molar-refractivity contribution < 1.29 is 19.7 Å². The van der Waals surface area contributed by atoms with Gasteiger partial charge in [0.25, 0.3) is 0 Å². The first-order chi connectivity index (χ1) is 8.05. The van der Waals surface area contributed by atoms with Gasteiger partial charge in [-0.1, -0.05) is 27.2 Å². The summed E-state index contributed by atoms with van der Waals surface area (Å²) in [5.41, 5.74) is -0.608. The summed E-state index contributed by atoms with van der Waals surface area (Å²) in [5, 5.41) is 18.9. The Labute approximate surface area is 104 Å². The quantitative estimate of drug-likeness (QED) is 0.746. The van der Waals surface area contributed by atoms with Gasteiger partial charge in [-0.3, -0.25) is 0 Å². The van der Waals surface area contributed by atoms with Gasteiger partial charge in [0, 0.05) is 10.8 Å². The molecule has 1 aliphatic rings. The summed E-state index contributed by atoms with van der Waals surface area (Å²) in [5.74, 6) is 0. The number of hydrogen-bond acceptors (Lipinski definition) is 4. The van der Waals surface area contributed by atoms with E-state index in [1.807, 2.05) is 13.8 Å². The van der Waals surface area contributed by atoms with Crippen LogP contribution in [0.3, 0.4) is 0 Å². The van der Waals surface area contributed by atoms with Gasteiger partial charge < -0.3 is 19.7 Å². The lowest BCUT2D eigenvalue weighted by Crippen LogP contribution is -2.50. The second kappa shape index (κ2) is 6.14. The van der Waals surface area contributed by atoms with Crippen LogP contribution in [0.25, 0.3) is 0 Å². The molecular weight excluding hydrogens is 220 g/mol. The highest BCUT2D eigenvalue weighted by molar-refractivity contribution is 4.85. The van der Waals surface area contributed by atoms with E-state index in [-0.39, 0.29) is 30.3 Å². The maximum atomic E-state index is 9.50. The highest BCUT2D eigenvalue weighted by Gasteiger charge is 2.42. The summed E-state index contributed by atoms with van der Waals surface area (Å²) in [6, 6.07) is 0. The van der Waals surface area contributed by atoms with Crippen LogP contribution in [0, 0.1) is 10.8 Å². The lowest BCUT2D eigenvalue weighted by Gasteiger charge is -2.44. The van der Waals surface area contributed by atoms with Crippen molar-refractivity contribution in [2.24, 2.45) is 10.8 Å². The number of ether oxygens (including phenoxy) is 2. The summed E-state index contributed by atoms with van der Waals surface area (Å²) < 4.78 is 11.5. The molecule has 1 rings (SSSR count). The Hall–Kier alpha value is -0.160. The van der Waals surface area contributed by atoms with Crippen molar-refractivity contribution in [1.29, 1.82) is 0 Å². The van der Waals surface area contributed by atoms with E-state index < -0.39 is 0 Å². The third-order valence-electron chi connectivity index (χ3n) is 3.92. The third-order valence-corrected chi connectivity index (χ3v) is 3.92. The van der Waals surface area contributed by atoms with Crippen LogP contribution in [0.2, 0.25) is 0 Å². The van der Waals surface area contributed by atoms with E-state index in [1.165, 1.54) is 0 Å². The van der Waals surface area contributed by atoms with E-state index >= 15 is 0 Å². The molecular formula is C13H26O4. The van der Waals surface area contributed by atoms with Crippen molar-refractivity contribution in [2.45, 2.75) is 46.3 Å². The van der Waals surface area contributed by atoms with Crippen molar-refractivity contribution >= 4 is 0 Å². The van der Waals surface area contributed by atoms with Crippen LogP contribution in [-0.2, 0) is 9.47 Å².